The Morgan fingerprint density at radius 3 is 0.698 bits per heavy atom. The van der Waals surface area contributed by atoms with E-state index >= 15 is 0 Å². The first kappa shape index (κ1) is 35.3. The molecule has 4 rings (SSSR count). The van der Waals surface area contributed by atoms with Crippen LogP contribution in [0.1, 0.15) is 98.8 Å². The van der Waals surface area contributed by atoms with Gasteiger partial charge in [0.2, 0.25) is 0 Å². The average molecular weight is 624 g/mol. The quantitative estimate of drug-likeness (QED) is 0.112. The van der Waals surface area contributed by atoms with Crippen LogP contribution in [0.2, 0.25) is 0 Å². The van der Waals surface area contributed by atoms with E-state index in [-0.39, 0.29) is 53.0 Å². The minimum absolute atomic E-state index is 0. The Morgan fingerprint density at radius 1 is 0.349 bits per heavy atom. The molecule has 5 heteroatoms. The van der Waals surface area contributed by atoms with E-state index in [2.05, 4.69) is 0 Å². The number of ketones is 4. The number of rotatable bonds is 8. The van der Waals surface area contributed by atoms with Crippen LogP contribution < -0.4 is 0 Å². The molecule has 0 amide bonds. The largest absolute Gasteiger partial charge is 0.294 e. The van der Waals surface area contributed by atoms with Gasteiger partial charge in [0.05, 0.1) is 12.8 Å². The van der Waals surface area contributed by atoms with Crippen molar-refractivity contribution in [2.75, 3.05) is 0 Å². The van der Waals surface area contributed by atoms with Crippen molar-refractivity contribution in [3.63, 3.8) is 0 Å². The summed E-state index contributed by atoms with van der Waals surface area (Å²) >= 11 is 0. The van der Waals surface area contributed by atoms with Gasteiger partial charge in [0.25, 0.3) is 0 Å². The first-order valence-electron chi connectivity index (χ1n) is 14.2. The molecule has 227 valence electrons. The maximum atomic E-state index is 12.2. The Morgan fingerprint density at radius 2 is 0.535 bits per heavy atom. The van der Waals surface area contributed by atoms with Crippen LogP contribution in [0.3, 0.4) is 0 Å². The molecule has 0 bridgehead atoms. The van der Waals surface area contributed by atoms with Crippen LogP contribution in [0.15, 0.2) is 72.8 Å². The van der Waals surface area contributed by atoms with Crippen molar-refractivity contribution >= 4 is 23.1 Å². The summed E-state index contributed by atoms with van der Waals surface area (Å²) in [5.74, 6) is -0.495. The molecule has 0 aliphatic rings. The summed E-state index contributed by atoms with van der Waals surface area (Å²) in [6.07, 6.45) is -0.157. The van der Waals surface area contributed by atoms with Crippen molar-refractivity contribution in [3.05, 3.63) is 140 Å². The van der Waals surface area contributed by atoms with Crippen LogP contribution in [0.5, 0.6) is 0 Å². The molecule has 0 atom stereocenters. The molecule has 0 aliphatic heterocycles. The summed E-state index contributed by atoms with van der Waals surface area (Å²) in [6.45, 7) is 15.9. The Hall–Kier alpha value is -3.92. The molecule has 0 unspecified atom stereocenters. The van der Waals surface area contributed by atoms with Crippen molar-refractivity contribution in [2.24, 2.45) is 0 Å². The van der Waals surface area contributed by atoms with Gasteiger partial charge < -0.3 is 0 Å². The molecule has 1 radical (unpaired) electrons. The second-order valence-electron chi connectivity index (χ2n) is 11.2. The Bertz CT molecular complexity index is 1430. The van der Waals surface area contributed by atoms with E-state index in [4.69, 9.17) is 0 Å². The van der Waals surface area contributed by atoms with Crippen molar-refractivity contribution in [2.45, 2.75) is 68.2 Å². The fourth-order valence-corrected chi connectivity index (χ4v) is 4.36. The van der Waals surface area contributed by atoms with Gasteiger partial charge in [0.15, 0.2) is 23.1 Å². The first-order chi connectivity index (χ1) is 19.8. The summed E-state index contributed by atoms with van der Waals surface area (Å²) in [5.41, 5.74) is 11.3. The molecule has 43 heavy (non-hydrogen) atoms. The monoisotopic (exact) mass is 623 g/mol. The third kappa shape index (κ3) is 9.54. The number of hydrogen-bond donors (Lipinski definition) is 0. The van der Waals surface area contributed by atoms with E-state index in [1.807, 2.05) is 104 Å². The molecule has 0 fully saturated rings. The van der Waals surface area contributed by atoms with Crippen molar-refractivity contribution in [1.82, 2.24) is 0 Å². The SMILES string of the molecule is Cc1ccc(C(=O)CC(=O)c2ccc(C)c(C)c2)cc1C.Cc1ccc(C(=O)CC(=O)c2ccc(C)c(C)c2)cc1C.[Cu]. The van der Waals surface area contributed by atoms with Gasteiger partial charge in [-0.25, -0.2) is 0 Å². The average Bonchev–Trinajstić information content (AvgIpc) is 2.94. The zero-order chi connectivity index (χ0) is 31.1. The molecule has 0 aliphatic carbocycles. The van der Waals surface area contributed by atoms with Crippen LogP contribution in [-0.4, -0.2) is 23.1 Å². The maximum absolute atomic E-state index is 12.2. The van der Waals surface area contributed by atoms with E-state index in [9.17, 15) is 19.2 Å². The van der Waals surface area contributed by atoms with Gasteiger partial charge in [-0.05, 0) is 124 Å². The summed E-state index contributed by atoms with van der Waals surface area (Å²) < 4.78 is 0. The van der Waals surface area contributed by atoms with E-state index in [1.54, 1.807) is 24.3 Å². The molecular weight excluding hydrogens is 584 g/mol. The summed E-state index contributed by atoms with van der Waals surface area (Å²) in [4.78, 5) is 48.9. The molecule has 0 N–H and O–H groups in total. The maximum Gasteiger partial charge on any atom is 0.170 e. The zero-order valence-corrected chi connectivity index (χ0v) is 27.2. The zero-order valence-electron chi connectivity index (χ0n) is 26.3. The minimum atomic E-state index is -0.124. The molecule has 4 nitrogen and oxygen atoms in total. The molecule has 0 saturated heterocycles. The summed E-state index contributed by atoms with van der Waals surface area (Å²) in [7, 11) is 0. The molecule has 0 spiro atoms. The van der Waals surface area contributed by atoms with E-state index in [1.165, 1.54) is 0 Å². The Kier molecular flexibility index (Phi) is 12.7. The van der Waals surface area contributed by atoms with Gasteiger partial charge in [0, 0.05) is 39.3 Å². The first-order valence-corrected chi connectivity index (χ1v) is 14.2. The van der Waals surface area contributed by atoms with Crippen LogP contribution >= 0.6 is 0 Å². The summed E-state index contributed by atoms with van der Waals surface area (Å²) in [5, 5.41) is 0. The molecular formula is C38H40CuO4. The van der Waals surface area contributed by atoms with Gasteiger partial charge in [0.1, 0.15) is 0 Å². The second-order valence-corrected chi connectivity index (χ2v) is 11.2. The fraction of sp³-hybridized carbons (Fsp3) is 0.263. The fourth-order valence-electron chi connectivity index (χ4n) is 4.36. The number of aryl methyl sites for hydroxylation is 8. The van der Waals surface area contributed by atoms with Gasteiger partial charge in [-0.3, -0.25) is 19.2 Å². The standard InChI is InChI=1S/2C19H20O2.Cu/c2*1-12-5-7-16(9-14(12)3)18(20)11-19(21)17-8-6-13(2)15(4)10-17;/h2*5-10H,11H2,1-4H3;. The van der Waals surface area contributed by atoms with E-state index < -0.39 is 0 Å². The molecule has 0 saturated carbocycles. The molecule has 4 aromatic rings. The van der Waals surface area contributed by atoms with Gasteiger partial charge in [-0.15, -0.1) is 0 Å². The predicted molar refractivity (Wildman–Crippen MR) is 170 cm³/mol. The van der Waals surface area contributed by atoms with Crippen LogP contribution in [0, 0.1) is 55.4 Å². The molecule has 4 aromatic carbocycles. The Labute approximate surface area is 266 Å². The van der Waals surface area contributed by atoms with Crippen molar-refractivity contribution < 1.29 is 36.2 Å². The number of carbonyl (C=O) groups is 4. The van der Waals surface area contributed by atoms with Crippen molar-refractivity contribution in [1.29, 1.82) is 0 Å². The molecule has 0 heterocycles. The van der Waals surface area contributed by atoms with Gasteiger partial charge in [-0.2, -0.15) is 0 Å². The number of Topliss-reactive ketones (excluding diaryl/α,β-unsaturated/α-hetero) is 4. The minimum Gasteiger partial charge on any atom is -0.294 e. The number of benzene rings is 4. The van der Waals surface area contributed by atoms with Crippen LogP contribution in [0.25, 0.3) is 0 Å². The third-order valence-electron chi connectivity index (χ3n) is 7.96. The number of carbonyl (C=O) groups excluding carboxylic acids is 4. The van der Waals surface area contributed by atoms with Gasteiger partial charge in [-0.1, -0.05) is 48.5 Å². The van der Waals surface area contributed by atoms with Crippen LogP contribution in [-0.2, 0) is 17.1 Å². The van der Waals surface area contributed by atoms with E-state index in [0.717, 1.165) is 44.5 Å². The van der Waals surface area contributed by atoms with Crippen molar-refractivity contribution in [3.8, 4) is 0 Å². The van der Waals surface area contributed by atoms with Gasteiger partial charge >= 0.3 is 0 Å². The third-order valence-corrected chi connectivity index (χ3v) is 7.96. The smallest absolute Gasteiger partial charge is 0.170 e. The van der Waals surface area contributed by atoms with E-state index in [0.29, 0.717) is 22.3 Å². The Balaban J connectivity index is 0.000000293. The van der Waals surface area contributed by atoms with Crippen LogP contribution in [0.4, 0.5) is 0 Å². The molecule has 0 aromatic heterocycles. The topological polar surface area (TPSA) is 68.3 Å². The second kappa shape index (κ2) is 15.5. The summed E-state index contributed by atoms with van der Waals surface area (Å²) in [6, 6.07) is 22.2. The predicted octanol–water partition coefficient (Wildman–Crippen LogP) is 8.75. The number of hydrogen-bond acceptors (Lipinski definition) is 4. The normalized spacial score (nSPS) is 10.2.